The van der Waals surface area contributed by atoms with Gasteiger partial charge in [-0.2, -0.15) is 0 Å². The van der Waals surface area contributed by atoms with E-state index in [9.17, 15) is 4.79 Å². The van der Waals surface area contributed by atoms with E-state index in [1.165, 1.54) is 5.56 Å². The van der Waals surface area contributed by atoms with E-state index >= 15 is 0 Å². The summed E-state index contributed by atoms with van der Waals surface area (Å²) in [5, 5.41) is 1.03. The van der Waals surface area contributed by atoms with Gasteiger partial charge in [0.05, 0.1) is 9.98 Å². The number of hydrogen-bond acceptors (Lipinski definition) is 4. The molecule has 1 fully saturated rings. The summed E-state index contributed by atoms with van der Waals surface area (Å²) in [6, 6.07) is 10.2. The van der Waals surface area contributed by atoms with Gasteiger partial charge in [-0.25, -0.2) is 4.98 Å². The number of thiazole rings is 1. The van der Waals surface area contributed by atoms with Gasteiger partial charge in [0.25, 0.3) is 0 Å². The van der Waals surface area contributed by atoms with Crippen LogP contribution in [0.2, 0.25) is 0 Å². The number of benzene rings is 1. The minimum atomic E-state index is 0.254. The predicted octanol–water partition coefficient (Wildman–Crippen LogP) is 3.19. The number of carbonyl (C=O) groups excluding carboxylic acids is 1. The fourth-order valence-corrected chi connectivity index (χ4v) is 3.83. The first-order chi connectivity index (χ1) is 10.7. The predicted molar refractivity (Wildman–Crippen MR) is 93.4 cm³/mol. The van der Waals surface area contributed by atoms with Gasteiger partial charge in [-0.15, -0.1) is 0 Å². The summed E-state index contributed by atoms with van der Waals surface area (Å²) in [6.45, 7) is 3.28. The number of aryl methyl sites for hydroxylation is 1. The average Bonchev–Trinajstić information content (AvgIpc) is 3.00. The van der Waals surface area contributed by atoms with Gasteiger partial charge in [0.1, 0.15) is 0 Å². The van der Waals surface area contributed by atoms with Crippen molar-refractivity contribution in [3.8, 4) is 0 Å². The van der Waals surface area contributed by atoms with Crippen molar-refractivity contribution >= 4 is 38.3 Å². The van der Waals surface area contributed by atoms with E-state index in [2.05, 4.69) is 37.9 Å². The van der Waals surface area contributed by atoms with Gasteiger partial charge in [0.15, 0.2) is 5.13 Å². The molecule has 0 bridgehead atoms. The van der Waals surface area contributed by atoms with Crippen molar-refractivity contribution in [2.45, 2.75) is 12.8 Å². The molecule has 1 aliphatic heterocycles. The quantitative estimate of drug-likeness (QED) is 0.818. The highest BCUT2D eigenvalue weighted by atomic mass is 79.9. The molecule has 0 radical (unpaired) electrons. The van der Waals surface area contributed by atoms with Crippen LogP contribution in [0.5, 0.6) is 0 Å². The van der Waals surface area contributed by atoms with Gasteiger partial charge in [-0.1, -0.05) is 41.7 Å². The van der Waals surface area contributed by atoms with Crippen LogP contribution in [-0.2, 0) is 11.2 Å². The molecule has 0 N–H and O–H groups in total. The lowest BCUT2D eigenvalue weighted by molar-refractivity contribution is -0.131. The normalized spacial score (nSPS) is 15.1. The van der Waals surface area contributed by atoms with Crippen LogP contribution >= 0.6 is 27.3 Å². The summed E-state index contributed by atoms with van der Waals surface area (Å²) < 4.78 is 1.05. The fourth-order valence-electron chi connectivity index (χ4n) is 2.59. The van der Waals surface area contributed by atoms with E-state index in [0.29, 0.717) is 6.42 Å². The zero-order chi connectivity index (χ0) is 15.4. The van der Waals surface area contributed by atoms with Crippen molar-refractivity contribution in [1.29, 1.82) is 0 Å². The van der Waals surface area contributed by atoms with Crippen molar-refractivity contribution < 1.29 is 4.79 Å². The Hall–Kier alpha value is -1.40. The van der Waals surface area contributed by atoms with Crippen LogP contribution in [0.15, 0.2) is 40.3 Å². The second-order valence-corrected chi connectivity index (χ2v) is 7.69. The lowest BCUT2D eigenvalue weighted by Crippen LogP contribution is -2.48. The van der Waals surface area contributed by atoms with Gasteiger partial charge in [-0.05, 0) is 27.9 Å². The SMILES string of the molecule is O=C(CCc1ccccc1)N1CCN(c2ncc(Br)s2)CC1. The summed E-state index contributed by atoms with van der Waals surface area (Å²) in [6.07, 6.45) is 3.24. The first-order valence-electron chi connectivity index (χ1n) is 7.40. The number of rotatable bonds is 4. The molecular formula is C16H18BrN3OS. The van der Waals surface area contributed by atoms with Crippen molar-refractivity contribution in [3.05, 3.63) is 45.9 Å². The fraction of sp³-hybridized carbons (Fsp3) is 0.375. The number of amides is 1. The summed E-state index contributed by atoms with van der Waals surface area (Å²) in [5.41, 5.74) is 1.22. The Morgan fingerprint density at radius 3 is 2.55 bits per heavy atom. The smallest absolute Gasteiger partial charge is 0.223 e. The topological polar surface area (TPSA) is 36.4 Å². The molecule has 6 heteroatoms. The molecule has 1 aromatic heterocycles. The Kier molecular flexibility index (Phi) is 5.10. The van der Waals surface area contributed by atoms with Gasteiger partial charge < -0.3 is 9.80 Å². The van der Waals surface area contributed by atoms with E-state index in [-0.39, 0.29) is 5.91 Å². The molecule has 0 aliphatic carbocycles. The number of anilines is 1. The molecule has 1 amide bonds. The number of piperazine rings is 1. The first kappa shape index (κ1) is 15.5. The molecular weight excluding hydrogens is 362 g/mol. The summed E-state index contributed by atoms with van der Waals surface area (Å²) in [5.74, 6) is 0.254. The number of hydrogen-bond donors (Lipinski definition) is 0. The van der Waals surface area contributed by atoms with Crippen LogP contribution in [0.3, 0.4) is 0 Å². The Morgan fingerprint density at radius 2 is 1.91 bits per heavy atom. The molecule has 4 nitrogen and oxygen atoms in total. The number of nitrogens with zero attached hydrogens (tertiary/aromatic N) is 3. The van der Waals surface area contributed by atoms with Crippen LogP contribution in [0.1, 0.15) is 12.0 Å². The van der Waals surface area contributed by atoms with Crippen molar-refractivity contribution in [2.24, 2.45) is 0 Å². The number of aromatic nitrogens is 1. The van der Waals surface area contributed by atoms with Crippen LogP contribution in [-0.4, -0.2) is 42.0 Å². The monoisotopic (exact) mass is 379 g/mol. The lowest BCUT2D eigenvalue weighted by atomic mass is 10.1. The Labute approximate surface area is 142 Å². The Balaban J connectivity index is 1.47. The van der Waals surface area contributed by atoms with Crippen LogP contribution < -0.4 is 4.90 Å². The first-order valence-corrected chi connectivity index (χ1v) is 9.01. The highest BCUT2D eigenvalue weighted by Gasteiger charge is 2.22. The summed E-state index contributed by atoms with van der Waals surface area (Å²) >= 11 is 5.08. The molecule has 2 heterocycles. The van der Waals surface area contributed by atoms with Crippen LogP contribution in [0.25, 0.3) is 0 Å². The summed E-state index contributed by atoms with van der Waals surface area (Å²) in [7, 11) is 0. The van der Waals surface area contributed by atoms with E-state index in [0.717, 1.165) is 41.5 Å². The molecule has 116 valence electrons. The van der Waals surface area contributed by atoms with E-state index < -0.39 is 0 Å². The maximum absolute atomic E-state index is 12.3. The van der Waals surface area contributed by atoms with Crippen LogP contribution in [0, 0.1) is 0 Å². The van der Waals surface area contributed by atoms with Gasteiger partial charge in [-0.3, -0.25) is 4.79 Å². The standard InChI is InChI=1S/C16H18BrN3OS/c17-14-12-18-16(22-14)20-10-8-19(9-11-20)15(21)7-6-13-4-2-1-3-5-13/h1-5,12H,6-11H2. The van der Waals surface area contributed by atoms with Crippen molar-refractivity contribution in [3.63, 3.8) is 0 Å². The molecule has 1 aliphatic rings. The second kappa shape index (κ2) is 7.24. The Bertz CT molecular complexity index is 623. The Morgan fingerprint density at radius 1 is 1.18 bits per heavy atom. The largest absolute Gasteiger partial charge is 0.345 e. The third kappa shape index (κ3) is 3.87. The molecule has 0 unspecified atom stereocenters. The average molecular weight is 380 g/mol. The lowest BCUT2D eigenvalue weighted by Gasteiger charge is -2.34. The van der Waals surface area contributed by atoms with Gasteiger partial charge in [0, 0.05) is 32.6 Å². The zero-order valence-corrected chi connectivity index (χ0v) is 14.6. The second-order valence-electron chi connectivity index (χ2n) is 5.30. The molecule has 2 aromatic rings. The molecule has 0 saturated carbocycles. The molecule has 0 atom stereocenters. The highest BCUT2D eigenvalue weighted by molar-refractivity contribution is 9.11. The maximum Gasteiger partial charge on any atom is 0.223 e. The van der Waals surface area contributed by atoms with Crippen molar-refractivity contribution in [1.82, 2.24) is 9.88 Å². The number of halogens is 1. The third-order valence-corrected chi connectivity index (χ3v) is 5.38. The molecule has 1 saturated heterocycles. The molecule has 1 aromatic carbocycles. The molecule has 0 spiro atoms. The van der Waals surface area contributed by atoms with Gasteiger partial charge >= 0.3 is 0 Å². The molecule has 3 rings (SSSR count). The van der Waals surface area contributed by atoms with Crippen molar-refractivity contribution in [2.75, 3.05) is 31.1 Å². The van der Waals surface area contributed by atoms with E-state index in [1.54, 1.807) is 11.3 Å². The number of carbonyl (C=O) groups is 1. The maximum atomic E-state index is 12.3. The summed E-state index contributed by atoms with van der Waals surface area (Å²) in [4.78, 5) is 20.9. The van der Waals surface area contributed by atoms with E-state index in [4.69, 9.17) is 0 Å². The molecule has 22 heavy (non-hydrogen) atoms. The van der Waals surface area contributed by atoms with E-state index in [1.807, 2.05) is 29.3 Å². The highest BCUT2D eigenvalue weighted by Crippen LogP contribution is 2.27. The van der Waals surface area contributed by atoms with Crippen LogP contribution in [0.4, 0.5) is 5.13 Å². The minimum Gasteiger partial charge on any atom is -0.345 e. The van der Waals surface area contributed by atoms with Gasteiger partial charge in [0.2, 0.25) is 5.91 Å². The zero-order valence-electron chi connectivity index (χ0n) is 12.2. The minimum absolute atomic E-state index is 0.254. The third-order valence-electron chi connectivity index (χ3n) is 3.84.